The first kappa shape index (κ1) is 13.2. The van der Waals surface area contributed by atoms with Crippen LogP contribution in [0.3, 0.4) is 0 Å². The molecular formula is C16H16N2OS. The van der Waals surface area contributed by atoms with E-state index in [4.69, 9.17) is 5.73 Å². The Morgan fingerprint density at radius 2 is 1.90 bits per heavy atom. The molecule has 3 rings (SSSR count). The van der Waals surface area contributed by atoms with Gasteiger partial charge in [0.05, 0.1) is 6.10 Å². The van der Waals surface area contributed by atoms with Gasteiger partial charge in [-0.2, -0.15) is 0 Å². The topological polar surface area (TPSA) is 59.1 Å². The third-order valence-electron chi connectivity index (χ3n) is 3.60. The van der Waals surface area contributed by atoms with E-state index in [2.05, 4.69) is 11.1 Å². The summed E-state index contributed by atoms with van der Waals surface area (Å²) >= 11 is 1.65. The van der Waals surface area contributed by atoms with Gasteiger partial charge in [-0.15, -0.1) is 11.3 Å². The molecule has 3 N–H and O–H groups in total. The molecular weight excluding hydrogens is 268 g/mol. The van der Waals surface area contributed by atoms with E-state index in [9.17, 15) is 5.11 Å². The number of thiophene rings is 1. The van der Waals surface area contributed by atoms with E-state index >= 15 is 0 Å². The molecule has 0 aliphatic rings. The number of nitrogens with zero attached hydrogens (tertiary/aromatic N) is 1. The van der Waals surface area contributed by atoms with Gasteiger partial charge in [-0.25, -0.2) is 0 Å². The monoisotopic (exact) mass is 284 g/mol. The lowest BCUT2D eigenvalue weighted by Crippen LogP contribution is -2.20. The van der Waals surface area contributed by atoms with Crippen molar-refractivity contribution in [3.05, 3.63) is 65.3 Å². The molecule has 0 radical (unpaired) electrons. The largest absolute Gasteiger partial charge is 0.388 e. The zero-order valence-electron chi connectivity index (χ0n) is 10.9. The average Bonchev–Trinajstić information content (AvgIpc) is 2.93. The van der Waals surface area contributed by atoms with E-state index < -0.39 is 6.10 Å². The normalized spacial score (nSPS) is 14.3. The lowest BCUT2D eigenvalue weighted by atomic mass is 9.89. The van der Waals surface area contributed by atoms with Gasteiger partial charge in [0, 0.05) is 29.6 Å². The van der Waals surface area contributed by atoms with Crippen LogP contribution in [-0.4, -0.2) is 16.6 Å². The first-order valence-electron chi connectivity index (χ1n) is 6.55. The highest BCUT2D eigenvalue weighted by Gasteiger charge is 2.23. The van der Waals surface area contributed by atoms with E-state index in [1.165, 1.54) is 4.70 Å². The van der Waals surface area contributed by atoms with Crippen molar-refractivity contribution in [2.45, 2.75) is 12.0 Å². The van der Waals surface area contributed by atoms with Gasteiger partial charge >= 0.3 is 0 Å². The molecule has 0 aliphatic carbocycles. The number of pyridine rings is 1. The summed E-state index contributed by atoms with van der Waals surface area (Å²) in [5.41, 5.74) is 7.85. The van der Waals surface area contributed by atoms with Gasteiger partial charge in [-0.1, -0.05) is 18.2 Å². The minimum Gasteiger partial charge on any atom is -0.388 e. The van der Waals surface area contributed by atoms with Gasteiger partial charge in [0.2, 0.25) is 0 Å². The molecule has 20 heavy (non-hydrogen) atoms. The summed E-state index contributed by atoms with van der Waals surface area (Å²) < 4.78 is 1.19. The van der Waals surface area contributed by atoms with Crippen molar-refractivity contribution in [3.63, 3.8) is 0 Å². The minimum absolute atomic E-state index is 0.115. The van der Waals surface area contributed by atoms with Gasteiger partial charge in [0.15, 0.2) is 0 Å². The van der Waals surface area contributed by atoms with Crippen LogP contribution in [0.5, 0.6) is 0 Å². The van der Waals surface area contributed by atoms with Crippen LogP contribution in [-0.2, 0) is 0 Å². The molecule has 0 amide bonds. The number of aromatic nitrogens is 1. The lowest BCUT2D eigenvalue weighted by molar-refractivity contribution is 0.149. The van der Waals surface area contributed by atoms with E-state index in [1.807, 2.05) is 35.7 Å². The lowest BCUT2D eigenvalue weighted by Gasteiger charge is -2.21. The van der Waals surface area contributed by atoms with Crippen LogP contribution in [0.25, 0.3) is 10.1 Å². The van der Waals surface area contributed by atoms with Gasteiger partial charge < -0.3 is 10.8 Å². The Kier molecular flexibility index (Phi) is 3.78. The number of rotatable bonds is 4. The van der Waals surface area contributed by atoms with Crippen LogP contribution < -0.4 is 5.73 Å². The second-order valence-electron chi connectivity index (χ2n) is 4.75. The Morgan fingerprint density at radius 1 is 1.15 bits per heavy atom. The summed E-state index contributed by atoms with van der Waals surface area (Å²) in [6.45, 7) is 0.398. The van der Waals surface area contributed by atoms with E-state index in [-0.39, 0.29) is 5.92 Å². The van der Waals surface area contributed by atoms with Crippen LogP contribution in [0, 0.1) is 0 Å². The maximum atomic E-state index is 10.7. The highest BCUT2D eigenvalue weighted by Crippen LogP contribution is 2.36. The molecule has 0 fully saturated rings. The minimum atomic E-state index is -0.599. The standard InChI is InChI=1S/C16H16N2OS/c17-9-13(11-5-7-18-8-6-11)16(19)14-10-20-15-4-2-1-3-12(14)15/h1-8,10,13,16,19H,9,17H2. The van der Waals surface area contributed by atoms with Gasteiger partial charge in [-0.05, 0) is 40.1 Å². The van der Waals surface area contributed by atoms with Crippen molar-refractivity contribution in [1.82, 2.24) is 4.98 Å². The highest BCUT2D eigenvalue weighted by molar-refractivity contribution is 7.17. The predicted octanol–water partition coefficient (Wildman–Crippen LogP) is 3.07. The Morgan fingerprint density at radius 3 is 2.65 bits per heavy atom. The number of benzene rings is 1. The molecule has 3 aromatic rings. The summed E-state index contributed by atoms with van der Waals surface area (Å²) in [7, 11) is 0. The van der Waals surface area contributed by atoms with Gasteiger partial charge in [0.1, 0.15) is 0 Å². The summed E-state index contributed by atoms with van der Waals surface area (Å²) in [6, 6.07) is 11.9. The van der Waals surface area contributed by atoms with Crippen molar-refractivity contribution in [2.75, 3.05) is 6.54 Å². The summed E-state index contributed by atoms with van der Waals surface area (Å²) in [6.07, 6.45) is 2.87. The van der Waals surface area contributed by atoms with Crippen LogP contribution in [0.15, 0.2) is 54.2 Å². The fourth-order valence-corrected chi connectivity index (χ4v) is 3.49. The van der Waals surface area contributed by atoms with Crippen molar-refractivity contribution in [2.24, 2.45) is 5.73 Å². The highest BCUT2D eigenvalue weighted by atomic mass is 32.1. The second kappa shape index (κ2) is 5.71. The molecule has 0 bridgehead atoms. The molecule has 2 unspecified atom stereocenters. The molecule has 102 valence electrons. The van der Waals surface area contributed by atoms with Crippen molar-refractivity contribution in [3.8, 4) is 0 Å². The van der Waals surface area contributed by atoms with Crippen LogP contribution in [0.4, 0.5) is 0 Å². The maximum absolute atomic E-state index is 10.7. The Hall–Kier alpha value is -1.75. The Balaban J connectivity index is 2.00. The molecule has 0 spiro atoms. The smallest absolute Gasteiger partial charge is 0.0884 e. The summed E-state index contributed by atoms with van der Waals surface area (Å²) in [5, 5.41) is 13.9. The molecule has 1 aromatic carbocycles. The molecule has 2 heterocycles. The first-order valence-corrected chi connectivity index (χ1v) is 7.43. The SMILES string of the molecule is NCC(c1ccncc1)C(O)c1csc2ccccc12. The van der Waals surface area contributed by atoms with Crippen LogP contribution >= 0.6 is 11.3 Å². The average molecular weight is 284 g/mol. The molecule has 4 heteroatoms. The zero-order chi connectivity index (χ0) is 13.9. The molecule has 2 aromatic heterocycles. The third kappa shape index (κ3) is 2.33. The van der Waals surface area contributed by atoms with E-state index in [0.717, 1.165) is 16.5 Å². The molecule has 0 saturated carbocycles. The fourth-order valence-electron chi connectivity index (χ4n) is 2.50. The number of hydrogen-bond donors (Lipinski definition) is 2. The number of nitrogens with two attached hydrogens (primary N) is 1. The first-order chi connectivity index (χ1) is 9.81. The van der Waals surface area contributed by atoms with Crippen molar-refractivity contribution >= 4 is 21.4 Å². The van der Waals surface area contributed by atoms with Gasteiger partial charge in [0.25, 0.3) is 0 Å². The van der Waals surface area contributed by atoms with Gasteiger partial charge in [-0.3, -0.25) is 4.98 Å². The quantitative estimate of drug-likeness (QED) is 0.774. The summed E-state index contributed by atoms with van der Waals surface area (Å²) in [5.74, 6) is -0.115. The third-order valence-corrected chi connectivity index (χ3v) is 4.58. The number of hydrogen-bond acceptors (Lipinski definition) is 4. The molecule has 2 atom stereocenters. The van der Waals surface area contributed by atoms with Crippen LogP contribution in [0.1, 0.15) is 23.1 Å². The maximum Gasteiger partial charge on any atom is 0.0884 e. The molecule has 3 nitrogen and oxygen atoms in total. The zero-order valence-corrected chi connectivity index (χ0v) is 11.8. The van der Waals surface area contributed by atoms with Crippen molar-refractivity contribution < 1.29 is 5.11 Å². The van der Waals surface area contributed by atoms with E-state index in [0.29, 0.717) is 6.54 Å². The second-order valence-corrected chi connectivity index (χ2v) is 5.67. The Labute approximate surface area is 121 Å². The molecule has 0 aliphatic heterocycles. The van der Waals surface area contributed by atoms with Crippen LogP contribution in [0.2, 0.25) is 0 Å². The predicted molar refractivity (Wildman–Crippen MR) is 82.8 cm³/mol. The fraction of sp³-hybridized carbons (Fsp3) is 0.188. The molecule has 0 saturated heterocycles. The summed E-state index contributed by atoms with van der Waals surface area (Å²) in [4.78, 5) is 4.01. The number of aliphatic hydroxyl groups excluding tert-OH is 1. The van der Waals surface area contributed by atoms with Crippen molar-refractivity contribution in [1.29, 1.82) is 0 Å². The number of fused-ring (bicyclic) bond motifs is 1. The van der Waals surface area contributed by atoms with E-state index in [1.54, 1.807) is 23.7 Å². The number of aliphatic hydroxyl groups is 1. The Bertz CT molecular complexity index is 696.